The van der Waals surface area contributed by atoms with Crippen molar-refractivity contribution in [1.29, 1.82) is 0 Å². The molecule has 4 heteroatoms. The molecule has 0 aliphatic carbocycles. The molecular weight excluding hydrogens is 212 g/mol. The fraction of sp³-hybridized carbons (Fsp3) is 0.692. The second-order valence-electron chi connectivity index (χ2n) is 4.84. The highest BCUT2D eigenvalue weighted by Gasteiger charge is 2.12. The van der Waals surface area contributed by atoms with E-state index in [2.05, 4.69) is 27.1 Å². The van der Waals surface area contributed by atoms with Crippen molar-refractivity contribution in [3.63, 3.8) is 0 Å². The van der Waals surface area contributed by atoms with Gasteiger partial charge < -0.3 is 10.2 Å². The van der Waals surface area contributed by atoms with Gasteiger partial charge in [0.05, 0.1) is 5.69 Å². The maximum atomic E-state index is 4.21. The lowest BCUT2D eigenvalue weighted by Gasteiger charge is -2.29. The Morgan fingerprint density at radius 1 is 1.35 bits per heavy atom. The number of hydrogen-bond donors (Lipinski definition) is 1. The maximum absolute atomic E-state index is 4.21. The molecule has 1 aromatic heterocycles. The largest absolute Gasteiger partial charge is 0.307 e. The van der Waals surface area contributed by atoms with E-state index in [1.807, 2.05) is 6.07 Å². The van der Waals surface area contributed by atoms with Gasteiger partial charge >= 0.3 is 0 Å². The summed E-state index contributed by atoms with van der Waals surface area (Å²) in [6.45, 7) is 6.75. The normalized spacial score (nSPS) is 19.1. The number of likely N-dealkylation sites (tertiary alicyclic amines) is 1. The molecular formula is C13H22N4. The number of piperidine rings is 1. The molecule has 1 atom stereocenters. The quantitative estimate of drug-likeness (QED) is 0.837. The summed E-state index contributed by atoms with van der Waals surface area (Å²) >= 11 is 0. The summed E-state index contributed by atoms with van der Waals surface area (Å²) in [6, 6.07) is 2.48. The molecule has 0 amide bonds. The molecule has 1 aliphatic rings. The third kappa shape index (κ3) is 4.40. The van der Waals surface area contributed by atoms with Crippen LogP contribution in [0.3, 0.4) is 0 Å². The second kappa shape index (κ2) is 6.67. The van der Waals surface area contributed by atoms with Crippen LogP contribution >= 0.6 is 0 Å². The van der Waals surface area contributed by atoms with Gasteiger partial charge in [-0.25, -0.2) is 9.97 Å². The second-order valence-corrected chi connectivity index (χ2v) is 4.84. The number of aromatic nitrogens is 2. The first-order valence-corrected chi connectivity index (χ1v) is 6.55. The van der Waals surface area contributed by atoms with Crippen LogP contribution in [0.5, 0.6) is 0 Å². The molecule has 0 radical (unpaired) electrons. The molecule has 0 aromatic carbocycles. The summed E-state index contributed by atoms with van der Waals surface area (Å²) in [4.78, 5) is 10.7. The molecule has 94 valence electrons. The van der Waals surface area contributed by atoms with Crippen molar-refractivity contribution in [3.05, 3.63) is 24.3 Å². The highest BCUT2D eigenvalue weighted by molar-refractivity contribution is 4.97. The first-order chi connectivity index (χ1) is 8.34. The van der Waals surface area contributed by atoms with E-state index in [0.717, 1.165) is 18.8 Å². The fourth-order valence-corrected chi connectivity index (χ4v) is 2.30. The van der Waals surface area contributed by atoms with Crippen LogP contribution in [0.2, 0.25) is 0 Å². The predicted molar refractivity (Wildman–Crippen MR) is 68.6 cm³/mol. The monoisotopic (exact) mass is 234 g/mol. The molecule has 1 saturated heterocycles. The van der Waals surface area contributed by atoms with E-state index in [1.165, 1.54) is 32.4 Å². The number of nitrogens with zero attached hydrogens (tertiary/aromatic N) is 3. The Kier molecular flexibility index (Phi) is 4.88. The van der Waals surface area contributed by atoms with E-state index in [-0.39, 0.29) is 0 Å². The van der Waals surface area contributed by atoms with Crippen LogP contribution in [0.25, 0.3) is 0 Å². The van der Waals surface area contributed by atoms with Crippen LogP contribution in [0.15, 0.2) is 18.6 Å². The third-order valence-corrected chi connectivity index (χ3v) is 3.26. The van der Waals surface area contributed by atoms with Crippen molar-refractivity contribution in [2.75, 3.05) is 19.6 Å². The molecule has 0 bridgehead atoms. The first-order valence-electron chi connectivity index (χ1n) is 6.55. The van der Waals surface area contributed by atoms with Gasteiger partial charge in [-0.05, 0) is 38.9 Å². The summed E-state index contributed by atoms with van der Waals surface area (Å²) in [5, 5.41) is 3.51. The Hall–Kier alpha value is -1.00. The zero-order valence-corrected chi connectivity index (χ0v) is 10.6. The van der Waals surface area contributed by atoms with Gasteiger partial charge in [0.2, 0.25) is 0 Å². The fourth-order valence-electron chi connectivity index (χ4n) is 2.30. The van der Waals surface area contributed by atoms with Crippen LogP contribution in [0, 0.1) is 0 Å². The van der Waals surface area contributed by atoms with E-state index < -0.39 is 0 Å². The standard InChI is InChI=1S/C13H22N4/c1-12(10-17-7-3-2-4-8-17)15-9-13-5-6-14-11-16-13/h5-6,11-12,15H,2-4,7-10H2,1H3. The Morgan fingerprint density at radius 2 is 2.18 bits per heavy atom. The van der Waals surface area contributed by atoms with Crippen molar-refractivity contribution in [2.24, 2.45) is 0 Å². The van der Waals surface area contributed by atoms with Gasteiger partial charge in [-0.2, -0.15) is 0 Å². The van der Waals surface area contributed by atoms with Crippen molar-refractivity contribution < 1.29 is 0 Å². The molecule has 1 unspecified atom stereocenters. The lowest BCUT2D eigenvalue weighted by atomic mass is 10.1. The predicted octanol–water partition coefficient (Wildman–Crippen LogP) is 1.44. The topological polar surface area (TPSA) is 41.0 Å². The minimum absolute atomic E-state index is 0.517. The molecule has 17 heavy (non-hydrogen) atoms. The molecule has 0 spiro atoms. The van der Waals surface area contributed by atoms with Gasteiger partial charge in [0.15, 0.2) is 0 Å². The summed E-state index contributed by atoms with van der Waals surface area (Å²) < 4.78 is 0. The van der Waals surface area contributed by atoms with E-state index in [0.29, 0.717) is 6.04 Å². The Morgan fingerprint density at radius 3 is 2.88 bits per heavy atom. The van der Waals surface area contributed by atoms with Gasteiger partial charge in [-0.1, -0.05) is 6.42 Å². The van der Waals surface area contributed by atoms with E-state index in [4.69, 9.17) is 0 Å². The van der Waals surface area contributed by atoms with Gasteiger partial charge in [0.25, 0.3) is 0 Å². The SMILES string of the molecule is CC(CN1CCCCC1)NCc1ccncn1. The van der Waals surface area contributed by atoms with Crippen LogP contribution in [-0.2, 0) is 6.54 Å². The Labute approximate surface area is 103 Å². The average Bonchev–Trinajstić information content (AvgIpc) is 2.39. The maximum Gasteiger partial charge on any atom is 0.115 e. The molecule has 4 nitrogen and oxygen atoms in total. The van der Waals surface area contributed by atoms with Crippen molar-refractivity contribution in [1.82, 2.24) is 20.2 Å². The number of nitrogens with one attached hydrogen (secondary N) is 1. The zero-order chi connectivity index (χ0) is 11.9. The summed E-state index contributed by atoms with van der Waals surface area (Å²) in [5.41, 5.74) is 1.06. The number of hydrogen-bond acceptors (Lipinski definition) is 4. The Bertz CT molecular complexity index is 308. The minimum Gasteiger partial charge on any atom is -0.307 e. The molecule has 1 N–H and O–H groups in total. The first kappa shape index (κ1) is 12.5. The lowest BCUT2D eigenvalue weighted by Crippen LogP contribution is -2.41. The van der Waals surface area contributed by atoms with E-state index in [9.17, 15) is 0 Å². The van der Waals surface area contributed by atoms with E-state index >= 15 is 0 Å². The van der Waals surface area contributed by atoms with Crippen LogP contribution < -0.4 is 5.32 Å². The van der Waals surface area contributed by atoms with Crippen molar-refractivity contribution in [2.45, 2.75) is 38.8 Å². The lowest BCUT2D eigenvalue weighted by molar-refractivity contribution is 0.208. The number of rotatable bonds is 5. The van der Waals surface area contributed by atoms with Crippen molar-refractivity contribution in [3.8, 4) is 0 Å². The summed E-state index contributed by atoms with van der Waals surface area (Å²) in [7, 11) is 0. The molecule has 2 rings (SSSR count). The molecule has 1 aliphatic heterocycles. The highest BCUT2D eigenvalue weighted by Crippen LogP contribution is 2.08. The van der Waals surface area contributed by atoms with Crippen LogP contribution in [-0.4, -0.2) is 40.5 Å². The summed E-state index contributed by atoms with van der Waals surface area (Å²) in [5.74, 6) is 0. The highest BCUT2D eigenvalue weighted by atomic mass is 15.1. The smallest absolute Gasteiger partial charge is 0.115 e. The van der Waals surface area contributed by atoms with Crippen molar-refractivity contribution >= 4 is 0 Å². The molecule has 1 fully saturated rings. The minimum atomic E-state index is 0.517. The Balaban J connectivity index is 1.68. The summed E-state index contributed by atoms with van der Waals surface area (Å²) in [6.07, 6.45) is 7.52. The van der Waals surface area contributed by atoms with Gasteiger partial charge in [-0.15, -0.1) is 0 Å². The van der Waals surface area contributed by atoms with Gasteiger partial charge in [-0.3, -0.25) is 0 Å². The third-order valence-electron chi connectivity index (χ3n) is 3.26. The van der Waals surface area contributed by atoms with Gasteiger partial charge in [0.1, 0.15) is 6.33 Å². The molecule has 0 saturated carbocycles. The van der Waals surface area contributed by atoms with E-state index in [1.54, 1.807) is 12.5 Å². The molecule has 1 aromatic rings. The molecule has 2 heterocycles. The van der Waals surface area contributed by atoms with Crippen LogP contribution in [0.4, 0.5) is 0 Å². The zero-order valence-electron chi connectivity index (χ0n) is 10.6. The average molecular weight is 234 g/mol. The van der Waals surface area contributed by atoms with Gasteiger partial charge in [0, 0.05) is 25.3 Å². The van der Waals surface area contributed by atoms with Crippen LogP contribution in [0.1, 0.15) is 31.9 Å².